The summed E-state index contributed by atoms with van der Waals surface area (Å²) < 4.78 is 12.9. The Labute approximate surface area is 160 Å². The van der Waals surface area contributed by atoms with E-state index in [1.165, 1.54) is 28.3 Å². The van der Waals surface area contributed by atoms with Crippen LogP contribution in [0.15, 0.2) is 29.2 Å². The number of thiophene rings is 1. The zero-order valence-electron chi connectivity index (χ0n) is 14.3. The number of hydrogen-bond acceptors (Lipinski definition) is 4. The second kappa shape index (κ2) is 8.68. The molecular formula is C19H21FN2O2S2. The van der Waals surface area contributed by atoms with E-state index in [0.29, 0.717) is 23.4 Å². The second-order valence-corrected chi connectivity index (χ2v) is 8.51. The summed E-state index contributed by atoms with van der Waals surface area (Å²) in [7, 11) is 0. The predicted octanol–water partition coefficient (Wildman–Crippen LogP) is 4.38. The van der Waals surface area contributed by atoms with Gasteiger partial charge in [0.1, 0.15) is 10.8 Å². The monoisotopic (exact) mass is 392 g/mol. The molecule has 0 fully saturated rings. The molecule has 26 heavy (non-hydrogen) atoms. The lowest BCUT2D eigenvalue weighted by atomic mass is 9.95. The fraction of sp³-hybridized carbons (Fsp3) is 0.368. The number of anilines is 1. The fourth-order valence-electron chi connectivity index (χ4n) is 3.06. The van der Waals surface area contributed by atoms with Crippen LogP contribution in [0.4, 0.5) is 9.39 Å². The standard InChI is InChI=1S/C19H21FN2O2S2/c20-12-7-9-13(10-8-12)25-11-3-6-16(23)22-19-17(18(21)24)14-4-1-2-5-15(14)26-19/h7-10H,1-6,11H2,(H2,21,24)(H,22,23). The highest BCUT2D eigenvalue weighted by atomic mass is 32.2. The summed E-state index contributed by atoms with van der Waals surface area (Å²) in [5, 5.41) is 3.47. The molecular weight excluding hydrogens is 371 g/mol. The summed E-state index contributed by atoms with van der Waals surface area (Å²) >= 11 is 3.07. The molecule has 0 aliphatic heterocycles. The van der Waals surface area contributed by atoms with Gasteiger partial charge in [-0.1, -0.05) is 0 Å². The van der Waals surface area contributed by atoms with Crippen LogP contribution < -0.4 is 11.1 Å². The van der Waals surface area contributed by atoms with Gasteiger partial charge in [-0.15, -0.1) is 23.1 Å². The molecule has 1 heterocycles. The molecule has 0 spiro atoms. The lowest BCUT2D eigenvalue weighted by Crippen LogP contribution is -2.18. The van der Waals surface area contributed by atoms with Crippen LogP contribution in [0.5, 0.6) is 0 Å². The van der Waals surface area contributed by atoms with Crippen molar-refractivity contribution in [3.63, 3.8) is 0 Å². The molecule has 2 aromatic rings. The maximum Gasteiger partial charge on any atom is 0.251 e. The van der Waals surface area contributed by atoms with Crippen LogP contribution >= 0.6 is 23.1 Å². The van der Waals surface area contributed by atoms with Crippen molar-refractivity contribution in [3.8, 4) is 0 Å². The summed E-state index contributed by atoms with van der Waals surface area (Å²) in [5.41, 5.74) is 7.06. The number of amides is 2. The lowest BCUT2D eigenvalue weighted by Gasteiger charge is -2.11. The molecule has 0 radical (unpaired) electrons. The zero-order valence-corrected chi connectivity index (χ0v) is 16.0. The molecule has 7 heteroatoms. The summed E-state index contributed by atoms with van der Waals surface area (Å²) in [5.74, 6) is -0.0575. The maximum absolute atomic E-state index is 12.9. The third kappa shape index (κ3) is 4.65. The number of aryl methyl sites for hydroxylation is 1. The summed E-state index contributed by atoms with van der Waals surface area (Å²) in [6, 6.07) is 6.32. The molecule has 0 atom stereocenters. The first-order valence-electron chi connectivity index (χ1n) is 8.67. The number of thioether (sulfide) groups is 1. The first-order chi connectivity index (χ1) is 12.5. The number of hydrogen-bond donors (Lipinski definition) is 2. The summed E-state index contributed by atoms with van der Waals surface area (Å²) in [6.45, 7) is 0. The van der Waals surface area contributed by atoms with Gasteiger partial charge in [-0.25, -0.2) is 4.39 Å². The number of rotatable bonds is 7. The van der Waals surface area contributed by atoms with Gasteiger partial charge in [0.15, 0.2) is 0 Å². The second-order valence-electron chi connectivity index (χ2n) is 6.23. The van der Waals surface area contributed by atoms with Crippen molar-refractivity contribution in [2.75, 3.05) is 11.1 Å². The Balaban J connectivity index is 1.52. The largest absolute Gasteiger partial charge is 0.365 e. The van der Waals surface area contributed by atoms with Gasteiger partial charge in [0.25, 0.3) is 5.91 Å². The molecule has 3 rings (SSSR count). The van der Waals surface area contributed by atoms with Crippen LogP contribution in [-0.4, -0.2) is 17.6 Å². The summed E-state index contributed by atoms with van der Waals surface area (Å²) in [6.07, 6.45) is 5.04. The Hall–Kier alpha value is -1.86. The number of fused-ring (bicyclic) bond motifs is 1. The highest BCUT2D eigenvalue weighted by Gasteiger charge is 2.24. The van der Waals surface area contributed by atoms with E-state index in [4.69, 9.17) is 5.73 Å². The van der Waals surface area contributed by atoms with Crippen molar-refractivity contribution in [2.24, 2.45) is 5.73 Å². The average Bonchev–Trinajstić information content (AvgIpc) is 2.98. The van der Waals surface area contributed by atoms with Crippen LogP contribution in [0.3, 0.4) is 0 Å². The van der Waals surface area contributed by atoms with Crippen molar-refractivity contribution >= 4 is 39.9 Å². The van der Waals surface area contributed by atoms with Crippen LogP contribution in [0, 0.1) is 5.82 Å². The number of primary amides is 1. The minimum absolute atomic E-state index is 0.106. The molecule has 3 N–H and O–H groups in total. The van der Waals surface area contributed by atoms with E-state index in [2.05, 4.69) is 5.32 Å². The molecule has 1 aromatic carbocycles. The van der Waals surface area contributed by atoms with E-state index in [1.54, 1.807) is 23.9 Å². The lowest BCUT2D eigenvalue weighted by molar-refractivity contribution is -0.116. The van der Waals surface area contributed by atoms with Crippen molar-refractivity contribution in [1.82, 2.24) is 0 Å². The van der Waals surface area contributed by atoms with Gasteiger partial charge < -0.3 is 11.1 Å². The predicted molar refractivity (Wildman–Crippen MR) is 104 cm³/mol. The van der Waals surface area contributed by atoms with E-state index in [-0.39, 0.29) is 11.7 Å². The van der Waals surface area contributed by atoms with Gasteiger partial charge in [0, 0.05) is 16.2 Å². The van der Waals surface area contributed by atoms with Gasteiger partial charge in [0.05, 0.1) is 5.56 Å². The van der Waals surface area contributed by atoms with Crippen molar-refractivity contribution < 1.29 is 14.0 Å². The van der Waals surface area contributed by atoms with E-state index in [9.17, 15) is 14.0 Å². The van der Waals surface area contributed by atoms with E-state index >= 15 is 0 Å². The Morgan fingerprint density at radius 2 is 1.92 bits per heavy atom. The van der Waals surface area contributed by atoms with Gasteiger partial charge in [-0.05, 0) is 67.7 Å². The quantitative estimate of drug-likeness (QED) is 0.543. The molecule has 0 unspecified atom stereocenters. The highest BCUT2D eigenvalue weighted by Crippen LogP contribution is 2.38. The molecule has 0 bridgehead atoms. The Morgan fingerprint density at radius 3 is 2.65 bits per heavy atom. The molecule has 1 aliphatic carbocycles. The van der Waals surface area contributed by atoms with E-state index < -0.39 is 5.91 Å². The molecule has 2 amide bonds. The highest BCUT2D eigenvalue weighted by molar-refractivity contribution is 7.99. The molecule has 0 saturated heterocycles. The van der Waals surface area contributed by atoms with E-state index in [1.807, 2.05) is 0 Å². The molecule has 138 valence electrons. The third-order valence-electron chi connectivity index (χ3n) is 4.30. The minimum Gasteiger partial charge on any atom is -0.365 e. The number of nitrogens with one attached hydrogen (secondary N) is 1. The smallest absolute Gasteiger partial charge is 0.251 e. The van der Waals surface area contributed by atoms with Crippen molar-refractivity contribution in [1.29, 1.82) is 0 Å². The topological polar surface area (TPSA) is 72.2 Å². The van der Waals surface area contributed by atoms with Crippen LogP contribution in [0.25, 0.3) is 0 Å². The first kappa shape index (κ1) is 18.9. The number of halogens is 1. The first-order valence-corrected chi connectivity index (χ1v) is 10.5. The fourth-order valence-corrected chi connectivity index (χ4v) is 5.22. The molecule has 4 nitrogen and oxygen atoms in total. The van der Waals surface area contributed by atoms with Gasteiger partial charge in [0.2, 0.25) is 5.91 Å². The third-order valence-corrected chi connectivity index (χ3v) is 6.61. The number of nitrogens with two attached hydrogens (primary N) is 1. The van der Waals surface area contributed by atoms with Crippen LogP contribution in [0.1, 0.15) is 46.5 Å². The molecule has 0 saturated carbocycles. The maximum atomic E-state index is 12.9. The van der Waals surface area contributed by atoms with Crippen molar-refractivity contribution in [3.05, 3.63) is 46.1 Å². The van der Waals surface area contributed by atoms with Crippen molar-refractivity contribution in [2.45, 2.75) is 43.4 Å². The normalized spacial score (nSPS) is 13.3. The Morgan fingerprint density at radius 1 is 1.19 bits per heavy atom. The number of benzene rings is 1. The van der Waals surface area contributed by atoms with Gasteiger partial charge in [-0.2, -0.15) is 0 Å². The number of carbonyl (C=O) groups excluding carboxylic acids is 2. The van der Waals surface area contributed by atoms with Crippen LogP contribution in [0.2, 0.25) is 0 Å². The SMILES string of the molecule is NC(=O)c1c(NC(=O)CCCSc2ccc(F)cc2)sc2c1CCCC2. The Kier molecular flexibility index (Phi) is 6.32. The molecule has 1 aromatic heterocycles. The Bertz CT molecular complexity index is 803. The van der Waals surface area contributed by atoms with E-state index in [0.717, 1.165) is 41.9 Å². The zero-order chi connectivity index (χ0) is 18.5. The average molecular weight is 393 g/mol. The number of carbonyl (C=O) groups is 2. The van der Waals surface area contributed by atoms with Gasteiger partial charge >= 0.3 is 0 Å². The van der Waals surface area contributed by atoms with Crippen LogP contribution in [-0.2, 0) is 17.6 Å². The minimum atomic E-state index is -0.466. The van der Waals surface area contributed by atoms with Gasteiger partial charge in [-0.3, -0.25) is 9.59 Å². The summed E-state index contributed by atoms with van der Waals surface area (Å²) in [4.78, 5) is 26.2. The molecule has 1 aliphatic rings.